The smallest absolute Gasteiger partial charge is 0.166 e. The molecule has 0 amide bonds. The summed E-state index contributed by atoms with van der Waals surface area (Å²) in [6.07, 6.45) is 1.62. The number of benzene rings is 2. The first kappa shape index (κ1) is 21.0. The lowest BCUT2D eigenvalue weighted by Gasteiger charge is -2.41. The molecule has 1 unspecified atom stereocenters. The molecule has 2 atom stereocenters. The largest absolute Gasteiger partial charge is 0.386 e. The van der Waals surface area contributed by atoms with Crippen molar-refractivity contribution in [3.63, 3.8) is 0 Å². The van der Waals surface area contributed by atoms with Crippen LogP contribution in [-0.2, 0) is 26.7 Å². The van der Waals surface area contributed by atoms with Crippen molar-refractivity contribution in [2.24, 2.45) is 16.6 Å². The molecule has 0 aromatic heterocycles. The molecule has 0 spiro atoms. The van der Waals surface area contributed by atoms with Crippen LogP contribution in [0.5, 0.6) is 0 Å². The van der Waals surface area contributed by atoms with Gasteiger partial charge in [0.25, 0.3) is 0 Å². The fourth-order valence-electron chi connectivity index (χ4n) is 4.29. The highest BCUT2D eigenvalue weighted by Crippen LogP contribution is 2.49. The minimum Gasteiger partial charge on any atom is -0.386 e. The Labute approximate surface area is 177 Å². The van der Waals surface area contributed by atoms with Crippen LogP contribution in [0.25, 0.3) is 0 Å². The average molecular weight is 431 g/mol. The van der Waals surface area contributed by atoms with Gasteiger partial charge in [-0.1, -0.05) is 42.5 Å². The number of aliphatic imine (C=N–C) groups is 1. The Balaban J connectivity index is 1.75. The van der Waals surface area contributed by atoms with E-state index in [-0.39, 0.29) is 36.3 Å². The van der Waals surface area contributed by atoms with Crippen LogP contribution in [0.4, 0.5) is 4.39 Å². The van der Waals surface area contributed by atoms with Crippen LogP contribution < -0.4 is 5.73 Å². The Morgan fingerprint density at radius 2 is 1.90 bits per heavy atom. The van der Waals surface area contributed by atoms with Gasteiger partial charge in [0.2, 0.25) is 0 Å². The molecule has 2 N–H and O–H groups in total. The van der Waals surface area contributed by atoms with Crippen molar-refractivity contribution in [1.29, 1.82) is 0 Å². The molecule has 1 aliphatic heterocycles. The van der Waals surface area contributed by atoms with Gasteiger partial charge in [-0.15, -0.1) is 0 Å². The van der Waals surface area contributed by atoms with Gasteiger partial charge < -0.3 is 10.5 Å². The summed E-state index contributed by atoms with van der Waals surface area (Å²) >= 11 is 0. The summed E-state index contributed by atoms with van der Waals surface area (Å²) in [5.41, 5.74) is 6.77. The van der Waals surface area contributed by atoms with E-state index in [4.69, 9.17) is 10.5 Å². The van der Waals surface area contributed by atoms with Crippen molar-refractivity contribution in [3.05, 3.63) is 71.0 Å². The summed E-state index contributed by atoms with van der Waals surface area (Å²) in [7, 11) is -3.69. The van der Waals surface area contributed by atoms with E-state index >= 15 is 4.39 Å². The summed E-state index contributed by atoms with van der Waals surface area (Å²) in [4.78, 5) is 4.67. The molecule has 5 nitrogen and oxygen atoms in total. The number of amidine groups is 1. The first-order valence-corrected chi connectivity index (χ1v) is 11.8. The number of halogens is 1. The molecular weight excluding hydrogens is 403 g/mol. The number of hydrogen-bond donors (Lipinski definition) is 1. The standard InChI is InChI=1S/C23H27FN2O3S/c1-16-8-11-19(20(24)12-16)23(14-29-13-17-6-4-3-5-7-17)15-30(27,28)22(2,18-9-10-18)21(25)26-23/h3-8,11-12,18H,9-10,13-15H2,1-2H3,(H2,25,26)/t22?,23-/m0/s1. The highest BCUT2D eigenvalue weighted by molar-refractivity contribution is 7.93. The summed E-state index contributed by atoms with van der Waals surface area (Å²) < 4.78 is 46.6. The van der Waals surface area contributed by atoms with Crippen LogP contribution in [0.15, 0.2) is 53.5 Å². The number of rotatable bonds is 6. The molecule has 0 bridgehead atoms. The highest BCUT2D eigenvalue weighted by Gasteiger charge is 2.60. The molecule has 1 saturated carbocycles. The monoisotopic (exact) mass is 430 g/mol. The fourth-order valence-corrected chi connectivity index (χ4v) is 6.63. The minimum atomic E-state index is -3.69. The lowest BCUT2D eigenvalue weighted by atomic mass is 9.90. The third-order valence-electron chi connectivity index (χ3n) is 6.35. The summed E-state index contributed by atoms with van der Waals surface area (Å²) in [5, 5.41) is 0. The number of hydrogen-bond acceptors (Lipinski definition) is 5. The Kier molecular flexibility index (Phi) is 5.22. The van der Waals surface area contributed by atoms with Crippen molar-refractivity contribution >= 4 is 15.7 Å². The molecule has 1 fully saturated rings. The van der Waals surface area contributed by atoms with E-state index in [9.17, 15) is 8.42 Å². The van der Waals surface area contributed by atoms with Crippen LogP contribution in [0.3, 0.4) is 0 Å². The second kappa shape index (κ2) is 7.46. The highest BCUT2D eigenvalue weighted by atomic mass is 32.2. The lowest BCUT2D eigenvalue weighted by Crippen LogP contribution is -2.59. The van der Waals surface area contributed by atoms with Crippen LogP contribution in [0.1, 0.15) is 36.5 Å². The molecule has 1 aliphatic carbocycles. The normalized spacial score (nSPS) is 28.2. The third-order valence-corrected chi connectivity index (χ3v) is 9.04. The Hall–Kier alpha value is -2.25. The number of ether oxygens (including phenoxy) is 1. The number of nitrogens with zero attached hydrogens (tertiary/aromatic N) is 1. The summed E-state index contributed by atoms with van der Waals surface area (Å²) in [5.74, 6) is -0.806. The zero-order chi connectivity index (χ0) is 21.6. The van der Waals surface area contributed by atoms with Gasteiger partial charge in [0, 0.05) is 5.56 Å². The van der Waals surface area contributed by atoms with Crippen LogP contribution >= 0.6 is 0 Å². The average Bonchev–Trinajstić information content (AvgIpc) is 3.52. The SMILES string of the molecule is Cc1ccc([C@]2(COCc3ccccc3)CS(=O)(=O)C(C)(C3CC3)C(N)=N2)c(F)c1. The van der Waals surface area contributed by atoms with Gasteiger partial charge in [-0.3, -0.25) is 4.99 Å². The van der Waals surface area contributed by atoms with Crippen molar-refractivity contribution in [2.45, 2.75) is 43.6 Å². The predicted molar refractivity (Wildman–Crippen MR) is 115 cm³/mol. The second-order valence-corrected chi connectivity index (χ2v) is 11.0. The molecule has 1 heterocycles. The first-order chi connectivity index (χ1) is 14.2. The van der Waals surface area contributed by atoms with E-state index in [0.29, 0.717) is 0 Å². The molecule has 30 heavy (non-hydrogen) atoms. The molecular formula is C23H27FN2O3S. The molecule has 0 radical (unpaired) electrons. The maximum atomic E-state index is 15.0. The number of sulfone groups is 1. The van der Waals surface area contributed by atoms with Crippen molar-refractivity contribution in [1.82, 2.24) is 0 Å². The first-order valence-electron chi connectivity index (χ1n) is 10.1. The molecule has 2 aromatic carbocycles. The zero-order valence-corrected chi connectivity index (χ0v) is 18.1. The Morgan fingerprint density at radius 3 is 2.50 bits per heavy atom. The van der Waals surface area contributed by atoms with Gasteiger partial charge in [-0.25, -0.2) is 12.8 Å². The number of aryl methyl sites for hydroxylation is 1. The Morgan fingerprint density at radius 1 is 1.20 bits per heavy atom. The van der Waals surface area contributed by atoms with Crippen molar-refractivity contribution < 1.29 is 17.5 Å². The molecule has 4 rings (SSSR count). The van der Waals surface area contributed by atoms with E-state index < -0.39 is 25.9 Å². The molecule has 0 saturated heterocycles. The molecule has 7 heteroatoms. The van der Waals surface area contributed by atoms with Gasteiger partial charge >= 0.3 is 0 Å². The minimum absolute atomic E-state index is 0.0302. The second-order valence-electron chi connectivity index (χ2n) is 8.63. The topological polar surface area (TPSA) is 81.8 Å². The zero-order valence-electron chi connectivity index (χ0n) is 17.3. The van der Waals surface area contributed by atoms with Gasteiger partial charge in [-0.05, 0) is 49.8 Å². The van der Waals surface area contributed by atoms with Gasteiger partial charge in [-0.2, -0.15) is 0 Å². The quantitative estimate of drug-likeness (QED) is 0.761. The number of nitrogens with two attached hydrogens (primary N) is 1. The fraction of sp³-hybridized carbons (Fsp3) is 0.435. The summed E-state index contributed by atoms with van der Waals surface area (Å²) in [6.45, 7) is 3.62. The third kappa shape index (κ3) is 3.54. The van der Waals surface area contributed by atoms with Crippen LogP contribution in [0.2, 0.25) is 0 Å². The molecule has 160 valence electrons. The maximum Gasteiger partial charge on any atom is 0.166 e. The predicted octanol–water partition coefficient (Wildman–Crippen LogP) is 3.50. The van der Waals surface area contributed by atoms with Gasteiger partial charge in [0.05, 0.1) is 19.0 Å². The van der Waals surface area contributed by atoms with E-state index in [1.807, 2.05) is 30.3 Å². The van der Waals surface area contributed by atoms with E-state index in [1.165, 1.54) is 6.07 Å². The maximum absolute atomic E-state index is 15.0. The van der Waals surface area contributed by atoms with Gasteiger partial charge in [0.15, 0.2) is 9.84 Å². The van der Waals surface area contributed by atoms with Crippen molar-refractivity contribution in [2.75, 3.05) is 12.4 Å². The lowest BCUT2D eigenvalue weighted by molar-refractivity contribution is 0.0780. The van der Waals surface area contributed by atoms with E-state index in [2.05, 4.69) is 4.99 Å². The molecule has 2 aromatic rings. The summed E-state index contributed by atoms with van der Waals surface area (Å²) in [6, 6.07) is 14.3. The van der Waals surface area contributed by atoms with Crippen molar-refractivity contribution in [3.8, 4) is 0 Å². The Bertz CT molecular complexity index is 1080. The van der Waals surface area contributed by atoms with E-state index in [0.717, 1.165) is 24.0 Å². The molecule has 2 aliphatic rings. The van der Waals surface area contributed by atoms with E-state index in [1.54, 1.807) is 26.0 Å². The van der Waals surface area contributed by atoms with Crippen LogP contribution in [0, 0.1) is 18.7 Å². The van der Waals surface area contributed by atoms with Gasteiger partial charge in [0.1, 0.15) is 21.9 Å². The van der Waals surface area contributed by atoms with Crippen LogP contribution in [-0.4, -0.2) is 31.4 Å².